The topological polar surface area (TPSA) is 35.9 Å². The number of likely N-dealkylation sites (tertiary alicyclic amines) is 1. The molecule has 1 unspecified atom stereocenters. The van der Waals surface area contributed by atoms with Crippen molar-refractivity contribution in [2.75, 3.05) is 50.8 Å². The second-order valence-corrected chi connectivity index (χ2v) is 7.38. The molecule has 3 aliphatic heterocycles. The van der Waals surface area contributed by atoms with Crippen molar-refractivity contribution in [1.82, 2.24) is 4.90 Å². The number of hydrogen-bond donors (Lipinski definition) is 1. The average molecular weight is 316 g/mol. The summed E-state index contributed by atoms with van der Waals surface area (Å²) >= 11 is 0. The molecule has 1 aromatic carbocycles. The number of nitrogens with zero attached hydrogens (tertiary/aromatic N) is 2. The lowest BCUT2D eigenvalue weighted by Gasteiger charge is -2.40. The van der Waals surface area contributed by atoms with Gasteiger partial charge in [-0.15, -0.1) is 0 Å². The number of anilines is 1. The summed E-state index contributed by atoms with van der Waals surface area (Å²) in [5.74, 6) is 0. The van der Waals surface area contributed by atoms with Crippen LogP contribution in [-0.4, -0.2) is 62.0 Å². The van der Waals surface area contributed by atoms with Gasteiger partial charge in [0.25, 0.3) is 0 Å². The van der Waals surface area contributed by atoms with Gasteiger partial charge in [0.1, 0.15) is 0 Å². The van der Waals surface area contributed by atoms with E-state index in [-0.39, 0.29) is 6.61 Å². The van der Waals surface area contributed by atoms with Gasteiger partial charge in [0.15, 0.2) is 0 Å². The fourth-order valence-electron chi connectivity index (χ4n) is 4.72. The number of fused-ring (bicyclic) bond motifs is 2. The quantitative estimate of drug-likeness (QED) is 0.922. The summed E-state index contributed by atoms with van der Waals surface area (Å²) in [6, 6.07) is 8.82. The van der Waals surface area contributed by atoms with Crippen molar-refractivity contribution >= 4 is 5.69 Å². The molecule has 4 heteroatoms. The molecule has 1 aromatic rings. The molecule has 0 radical (unpaired) electrons. The highest BCUT2D eigenvalue weighted by Crippen LogP contribution is 2.46. The predicted molar refractivity (Wildman–Crippen MR) is 92.1 cm³/mol. The van der Waals surface area contributed by atoms with Crippen molar-refractivity contribution in [1.29, 1.82) is 0 Å². The highest BCUT2D eigenvalue weighted by Gasteiger charge is 2.44. The number of aliphatic hydroxyl groups is 1. The predicted octanol–water partition coefficient (Wildman–Crippen LogP) is 2.01. The third-order valence-corrected chi connectivity index (χ3v) is 5.98. The van der Waals surface area contributed by atoms with Crippen LogP contribution in [0.15, 0.2) is 24.3 Å². The lowest BCUT2D eigenvalue weighted by atomic mass is 9.74. The maximum absolute atomic E-state index is 9.38. The van der Waals surface area contributed by atoms with Crippen LogP contribution >= 0.6 is 0 Å². The highest BCUT2D eigenvalue weighted by atomic mass is 16.5. The zero-order valence-corrected chi connectivity index (χ0v) is 13.9. The first kappa shape index (κ1) is 15.4. The molecule has 2 fully saturated rings. The van der Waals surface area contributed by atoms with Gasteiger partial charge in [0.2, 0.25) is 0 Å². The van der Waals surface area contributed by atoms with Crippen molar-refractivity contribution in [3.63, 3.8) is 0 Å². The molecule has 3 heterocycles. The van der Waals surface area contributed by atoms with E-state index in [1.165, 1.54) is 50.0 Å². The third kappa shape index (κ3) is 2.88. The highest BCUT2D eigenvalue weighted by molar-refractivity contribution is 5.62. The van der Waals surface area contributed by atoms with Crippen LogP contribution in [0.5, 0.6) is 0 Å². The molecule has 0 saturated carbocycles. The number of rotatable bonds is 4. The smallest absolute Gasteiger partial charge is 0.0702 e. The van der Waals surface area contributed by atoms with Gasteiger partial charge in [-0.1, -0.05) is 18.2 Å². The Labute approximate surface area is 139 Å². The Morgan fingerprint density at radius 1 is 1.22 bits per heavy atom. The number of β-amino-alcohol motifs (C(OH)–C–C–N with tert-alkyl or cyclic N) is 1. The van der Waals surface area contributed by atoms with Crippen LogP contribution in [0.1, 0.15) is 31.2 Å². The van der Waals surface area contributed by atoms with Gasteiger partial charge in [-0.3, -0.25) is 0 Å². The van der Waals surface area contributed by atoms with Gasteiger partial charge in [0, 0.05) is 37.3 Å². The van der Waals surface area contributed by atoms with E-state index in [9.17, 15) is 5.11 Å². The van der Waals surface area contributed by atoms with Crippen molar-refractivity contribution in [2.45, 2.75) is 37.2 Å². The molecule has 1 atom stereocenters. The van der Waals surface area contributed by atoms with E-state index >= 15 is 0 Å². The molecule has 1 spiro atoms. The molecule has 0 amide bonds. The first-order valence-electron chi connectivity index (χ1n) is 9.10. The molecule has 1 N–H and O–H groups in total. The number of ether oxygens (including phenoxy) is 1. The van der Waals surface area contributed by atoms with Crippen molar-refractivity contribution < 1.29 is 9.84 Å². The van der Waals surface area contributed by atoms with Crippen LogP contribution in [0.2, 0.25) is 0 Å². The molecule has 0 bridgehead atoms. The van der Waals surface area contributed by atoms with Crippen LogP contribution < -0.4 is 4.90 Å². The maximum Gasteiger partial charge on any atom is 0.0702 e. The van der Waals surface area contributed by atoms with E-state index < -0.39 is 0 Å². The first-order valence-corrected chi connectivity index (χ1v) is 9.10. The Morgan fingerprint density at radius 2 is 2.04 bits per heavy atom. The van der Waals surface area contributed by atoms with Crippen LogP contribution in [0.25, 0.3) is 0 Å². The largest absolute Gasteiger partial charge is 0.395 e. The van der Waals surface area contributed by atoms with Crippen LogP contribution in [0.4, 0.5) is 5.69 Å². The fourth-order valence-corrected chi connectivity index (χ4v) is 4.72. The van der Waals surface area contributed by atoms with E-state index in [1.54, 1.807) is 0 Å². The molecular weight excluding hydrogens is 288 g/mol. The number of aliphatic hydroxyl groups excluding tert-OH is 1. The Balaban J connectivity index is 1.45. The van der Waals surface area contributed by atoms with E-state index in [0.29, 0.717) is 11.5 Å². The normalized spacial score (nSPS) is 26.8. The zero-order chi connectivity index (χ0) is 15.7. The monoisotopic (exact) mass is 316 g/mol. The summed E-state index contributed by atoms with van der Waals surface area (Å²) in [5.41, 5.74) is 3.14. The van der Waals surface area contributed by atoms with Crippen LogP contribution in [0.3, 0.4) is 0 Å². The Kier molecular flexibility index (Phi) is 4.31. The summed E-state index contributed by atoms with van der Waals surface area (Å²) in [7, 11) is 0. The Hall–Kier alpha value is -1.10. The fraction of sp³-hybridized carbons (Fsp3) is 0.684. The van der Waals surface area contributed by atoms with Gasteiger partial charge in [-0.05, 0) is 50.4 Å². The Bertz CT molecular complexity index is 534. The van der Waals surface area contributed by atoms with Gasteiger partial charge < -0.3 is 19.6 Å². The molecule has 2 saturated heterocycles. The summed E-state index contributed by atoms with van der Waals surface area (Å²) in [6.45, 7) is 6.45. The number of hydrogen-bond acceptors (Lipinski definition) is 4. The summed E-state index contributed by atoms with van der Waals surface area (Å²) in [4.78, 5) is 4.98. The Morgan fingerprint density at radius 3 is 2.78 bits per heavy atom. The number of piperidine rings is 1. The molecular formula is C19H28N2O2. The summed E-state index contributed by atoms with van der Waals surface area (Å²) < 4.78 is 5.80. The number of benzene rings is 1. The summed E-state index contributed by atoms with van der Waals surface area (Å²) in [5, 5.41) is 9.38. The second-order valence-electron chi connectivity index (χ2n) is 7.38. The van der Waals surface area contributed by atoms with Crippen LogP contribution in [-0.2, 0) is 10.2 Å². The van der Waals surface area contributed by atoms with Crippen molar-refractivity contribution in [3.05, 3.63) is 29.8 Å². The lowest BCUT2D eigenvalue weighted by molar-refractivity contribution is 0.0566. The molecule has 0 aromatic heterocycles. The van der Waals surface area contributed by atoms with Crippen LogP contribution in [0, 0.1) is 0 Å². The second kappa shape index (κ2) is 6.42. The maximum atomic E-state index is 9.38. The zero-order valence-electron chi connectivity index (χ0n) is 13.9. The molecule has 4 rings (SSSR count). The van der Waals surface area contributed by atoms with E-state index in [0.717, 1.165) is 26.2 Å². The minimum absolute atomic E-state index is 0.232. The molecule has 23 heavy (non-hydrogen) atoms. The van der Waals surface area contributed by atoms with Crippen molar-refractivity contribution in [2.24, 2.45) is 0 Å². The first-order chi connectivity index (χ1) is 11.3. The van der Waals surface area contributed by atoms with Gasteiger partial charge in [0.05, 0.1) is 12.7 Å². The SMILES string of the molecule is OCCN1CC2(CCN(CC3CCCO3)CC2)c2ccccc21. The minimum Gasteiger partial charge on any atom is -0.395 e. The van der Waals surface area contributed by atoms with E-state index in [2.05, 4.69) is 34.1 Å². The van der Waals surface area contributed by atoms with Crippen molar-refractivity contribution in [3.8, 4) is 0 Å². The number of para-hydroxylation sites is 1. The minimum atomic E-state index is 0.232. The van der Waals surface area contributed by atoms with Gasteiger partial charge in [-0.25, -0.2) is 0 Å². The van der Waals surface area contributed by atoms with E-state index in [4.69, 9.17) is 4.74 Å². The molecule has 0 aliphatic carbocycles. The molecule has 126 valence electrons. The summed E-state index contributed by atoms with van der Waals surface area (Å²) in [6.07, 6.45) is 5.36. The molecule has 4 nitrogen and oxygen atoms in total. The average Bonchev–Trinajstić information content (AvgIpc) is 3.19. The van der Waals surface area contributed by atoms with E-state index in [1.807, 2.05) is 0 Å². The molecule has 3 aliphatic rings. The lowest BCUT2D eigenvalue weighted by Crippen LogP contribution is -2.47. The standard InChI is InChI=1S/C19H28N2O2/c22-12-11-21-15-19(17-5-1-2-6-18(17)21)7-9-20(10-8-19)14-16-4-3-13-23-16/h1-2,5-6,16,22H,3-4,7-15H2. The third-order valence-electron chi connectivity index (χ3n) is 5.98. The van der Waals surface area contributed by atoms with Gasteiger partial charge in [-0.2, -0.15) is 0 Å². The van der Waals surface area contributed by atoms with Gasteiger partial charge >= 0.3 is 0 Å².